The van der Waals surface area contributed by atoms with Gasteiger partial charge in [-0.05, 0) is 53.0 Å². The number of halogens is 1. The first-order chi connectivity index (χ1) is 7.61. The van der Waals surface area contributed by atoms with Gasteiger partial charge in [-0.15, -0.1) is 0 Å². The van der Waals surface area contributed by atoms with Gasteiger partial charge in [0.15, 0.2) is 4.77 Å². The van der Waals surface area contributed by atoms with Crippen LogP contribution in [0.1, 0.15) is 0 Å². The fourth-order valence-corrected chi connectivity index (χ4v) is 2.28. The molecule has 0 saturated heterocycles. The molecular weight excluding hydrogens is 337 g/mol. The fourth-order valence-electron chi connectivity index (χ4n) is 1.52. The topological polar surface area (TPSA) is 49.8 Å². The number of carbonyl (C=O) groups excluding carboxylic acids is 1. The number of rotatable bonds is 2. The molecule has 1 aromatic carbocycles. The molecule has 16 heavy (non-hydrogen) atoms. The molecule has 1 amide bonds. The van der Waals surface area contributed by atoms with Gasteiger partial charge in [-0.1, -0.05) is 0 Å². The van der Waals surface area contributed by atoms with Crippen molar-refractivity contribution in [3.8, 4) is 0 Å². The van der Waals surface area contributed by atoms with Crippen molar-refractivity contribution in [2.45, 2.75) is 6.54 Å². The van der Waals surface area contributed by atoms with E-state index in [4.69, 9.17) is 12.2 Å². The molecule has 0 unspecified atom stereocenters. The van der Waals surface area contributed by atoms with E-state index in [0.29, 0.717) is 4.77 Å². The van der Waals surface area contributed by atoms with Gasteiger partial charge in [0.2, 0.25) is 5.91 Å². The first kappa shape index (κ1) is 11.6. The van der Waals surface area contributed by atoms with Crippen LogP contribution < -0.4 is 5.32 Å². The summed E-state index contributed by atoms with van der Waals surface area (Å²) in [4.78, 5) is 14.4. The monoisotopic (exact) mass is 347 g/mol. The Kier molecular flexibility index (Phi) is 3.29. The molecule has 2 N–H and O–H groups in total. The van der Waals surface area contributed by atoms with Gasteiger partial charge in [-0.3, -0.25) is 4.79 Å². The Morgan fingerprint density at radius 3 is 3.06 bits per heavy atom. The van der Waals surface area contributed by atoms with Crippen LogP contribution in [-0.4, -0.2) is 22.5 Å². The van der Waals surface area contributed by atoms with Crippen LogP contribution in [0.3, 0.4) is 0 Å². The lowest BCUT2D eigenvalue weighted by Crippen LogP contribution is -2.23. The molecule has 0 aliphatic heterocycles. The van der Waals surface area contributed by atoms with Gasteiger partial charge >= 0.3 is 0 Å². The molecule has 0 aliphatic carbocycles. The van der Waals surface area contributed by atoms with E-state index in [9.17, 15) is 4.79 Å². The van der Waals surface area contributed by atoms with Crippen molar-refractivity contribution in [2.24, 2.45) is 0 Å². The molecule has 6 heteroatoms. The van der Waals surface area contributed by atoms with Crippen molar-refractivity contribution >= 4 is 51.7 Å². The lowest BCUT2D eigenvalue weighted by atomic mass is 10.3. The molecule has 0 radical (unpaired) electrons. The summed E-state index contributed by atoms with van der Waals surface area (Å²) in [5, 5.41) is 2.59. The molecule has 2 aromatic rings. The molecule has 0 saturated carbocycles. The first-order valence-electron chi connectivity index (χ1n) is 4.70. The average Bonchev–Trinajstić information content (AvgIpc) is 2.54. The highest BCUT2D eigenvalue weighted by atomic mass is 127. The molecule has 0 spiro atoms. The van der Waals surface area contributed by atoms with E-state index >= 15 is 0 Å². The van der Waals surface area contributed by atoms with Crippen LogP contribution in [0.4, 0.5) is 0 Å². The summed E-state index contributed by atoms with van der Waals surface area (Å²) in [6, 6.07) is 5.96. The van der Waals surface area contributed by atoms with Crippen molar-refractivity contribution in [3.05, 3.63) is 26.5 Å². The molecule has 0 fully saturated rings. The van der Waals surface area contributed by atoms with Crippen LogP contribution in [0.15, 0.2) is 18.2 Å². The Morgan fingerprint density at radius 1 is 1.62 bits per heavy atom. The molecule has 0 aliphatic rings. The number of H-pyrrole nitrogens is 1. The van der Waals surface area contributed by atoms with Crippen molar-refractivity contribution in [3.63, 3.8) is 0 Å². The van der Waals surface area contributed by atoms with Crippen LogP contribution in [0, 0.1) is 8.34 Å². The number of nitrogens with zero attached hydrogens (tertiary/aromatic N) is 1. The number of amides is 1. The summed E-state index contributed by atoms with van der Waals surface area (Å²) in [5.74, 6) is -0.0597. The molecule has 0 bridgehead atoms. The van der Waals surface area contributed by atoms with Crippen LogP contribution in [0.5, 0.6) is 0 Å². The van der Waals surface area contributed by atoms with E-state index in [1.54, 1.807) is 11.6 Å². The van der Waals surface area contributed by atoms with Crippen LogP contribution >= 0.6 is 34.8 Å². The predicted octanol–water partition coefficient (Wildman–Crippen LogP) is 2.05. The highest BCUT2D eigenvalue weighted by Gasteiger charge is 2.07. The number of likely N-dealkylation sites (N-methyl/N-ethyl adjacent to an activating group) is 1. The highest BCUT2D eigenvalue weighted by molar-refractivity contribution is 14.1. The summed E-state index contributed by atoms with van der Waals surface area (Å²) in [6.07, 6.45) is 0. The van der Waals surface area contributed by atoms with Crippen LogP contribution in [0.2, 0.25) is 0 Å². The van der Waals surface area contributed by atoms with Crippen molar-refractivity contribution < 1.29 is 4.79 Å². The second-order valence-electron chi connectivity index (χ2n) is 3.35. The standard InChI is InChI=1S/C10H10IN3OS/c1-12-9(15)5-14-8-3-2-6(11)4-7(8)13-10(14)16/h2-4H,5H2,1H3,(H,12,15)(H,13,16). The maximum Gasteiger partial charge on any atom is 0.239 e. The maximum absolute atomic E-state index is 11.3. The third-order valence-corrected chi connectivity index (χ3v) is 3.31. The number of aromatic nitrogens is 2. The largest absolute Gasteiger partial charge is 0.358 e. The Hall–Kier alpha value is -0.890. The van der Waals surface area contributed by atoms with Crippen molar-refractivity contribution in [1.29, 1.82) is 0 Å². The number of fused-ring (bicyclic) bond motifs is 1. The van der Waals surface area contributed by atoms with Gasteiger partial charge in [0.05, 0.1) is 11.0 Å². The van der Waals surface area contributed by atoms with E-state index in [-0.39, 0.29) is 12.5 Å². The average molecular weight is 347 g/mol. The molecule has 2 rings (SSSR count). The second-order valence-corrected chi connectivity index (χ2v) is 4.98. The smallest absolute Gasteiger partial charge is 0.239 e. The molecule has 4 nitrogen and oxygen atoms in total. The summed E-state index contributed by atoms with van der Waals surface area (Å²) in [5.41, 5.74) is 1.91. The van der Waals surface area contributed by atoms with Gasteiger partial charge in [-0.2, -0.15) is 0 Å². The summed E-state index contributed by atoms with van der Waals surface area (Å²) in [6.45, 7) is 0.246. The number of benzene rings is 1. The van der Waals surface area contributed by atoms with Crippen molar-refractivity contribution in [2.75, 3.05) is 7.05 Å². The second kappa shape index (κ2) is 4.54. The Labute approximate surface area is 111 Å². The molecule has 0 atom stereocenters. The summed E-state index contributed by atoms with van der Waals surface area (Å²) >= 11 is 7.43. The zero-order valence-corrected chi connectivity index (χ0v) is 11.6. The fraction of sp³-hybridized carbons (Fsp3) is 0.200. The van der Waals surface area contributed by atoms with Gasteiger partial charge < -0.3 is 14.9 Å². The molecule has 1 aromatic heterocycles. The number of aromatic amines is 1. The first-order valence-corrected chi connectivity index (χ1v) is 6.19. The normalized spacial score (nSPS) is 10.6. The molecular formula is C10H10IN3OS. The number of carbonyl (C=O) groups is 1. The van der Waals surface area contributed by atoms with Gasteiger partial charge in [-0.25, -0.2) is 0 Å². The lowest BCUT2D eigenvalue weighted by molar-refractivity contribution is -0.121. The molecule has 84 valence electrons. The van der Waals surface area contributed by atoms with Crippen LogP contribution in [-0.2, 0) is 11.3 Å². The predicted molar refractivity (Wildman–Crippen MR) is 73.9 cm³/mol. The summed E-state index contributed by atoms with van der Waals surface area (Å²) in [7, 11) is 1.61. The van der Waals surface area contributed by atoms with E-state index in [2.05, 4.69) is 32.9 Å². The van der Waals surface area contributed by atoms with E-state index in [1.807, 2.05) is 18.2 Å². The zero-order chi connectivity index (χ0) is 11.7. The van der Waals surface area contributed by atoms with Crippen LogP contribution in [0.25, 0.3) is 11.0 Å². The zero-order valence-electron chi connectivity index (χ0n) is 8.58. The van der Waals surface area contributed by atoms with Gasteiger partial charge in [0, 0.05) is 10.6 Å². The van der Waals surface area contributed by atoms with E-state index in [1.165, 1.54) is 0 Å². The minimum absolute atomic E-state index is 0.0597. The lowest BCUT2D eigenvalue weighted by Gasteiger charge is -2.02. The van der Waals surface area contributed by atoms with Gasteiger partial charge in [0.1, 0.15) is 6.54 Å². The minimum atomic E-state index is -0.0597. The summed E-state index contributed by atoms with van der Waals surface area (Å²) < 4.78 is 3.49. The number of nitrogens with one attached hydrogen (secondary N) is 2. The Morgan fingerprint density at radius 2 is 2.38 bits per heavy atom. The number of hydrogen-bond donors (Lipinski definition) is 2. The quantitative estimate of drug-likeness (QED) is 0.645. The third-order valence-electron chi connectivity index (χ3n) is 2.32. The maximum atomic E-state index is 11.3. The third kappa shape index (κ3) is 2.12. The van der Waals surface area contributed by atoms with E-state index in [0.717, 1.165) is 14.6 Å². The van der Waals surface area contributed by atoms with Crippen molar-refractivity contribution in [1.82, 2.24) is 14.9 Å². The molecule has 1 heterocycles. The Balaban J connectivity index is 2.56. The van der Waals surface area contributed by atoms with Gasteiger partial charge in [0.25, 0.3) is 0 Å². The van der Waals surface area contributed by atoms with E-state index < -0.39 is 0 Å². The number of imidazole rings is 1. The minimum Gasteiger partial charge on any atom is -0.358 e. The Bertz CT molecular complexity index is 602. The SMILES string of the molecule is CNC(=O)Cn1c(=S)[nH]c2cc(I)ccc21. The number of hydrogen-bond acceptors (Lipinski definition) is 2. The highest BCUT2D eigenvalue weighted by Crippen LogP contribution is 2.17.